The summed E-state index contributed by atoms with van der Waals surface area (Å²) in [5.41, 5.74) is 0.898. The smallest absolute Gasteiger partial charge is 0.247 e. The number of carbonyl (C=O) groups excluding carboxylic acids is 1. The molecule has 0 bridgehead atoms. The maximum atomic E-state index is 12.6. The molecule has 116 valence electrons. The largest absolute Gasteiger partial charge is 0.467 e. The minimum absolute atomic E-state index is 0.0568. The molecule has 0 fully saturated rings. The molecule has 3 rings (SSSR count). The molecule has 1 amide bonds. The Morgan fingerprint density at radius 1 is 1.22 bits per heavy atom. The summed E-state index contributed by atoms with van der Waals surface area (Å²) in [5.74, 6) is 0.711. The summed E-state index contributed by atoms with van der Waals surface area (Å²) in [6, 6.07) is 11.5. The highest BCUT2D eigenvalue weighted by molar-refractivity contribution is 7.09. The Hall–Kier alpha value is -2.66. The van der Waals surface area contributed by atoms with Crippen molar-refractivity contribution in [1.82, 2.24) is 9.88 Å². The average molecular weight is 324 g/mol. The van der Waals surface area contributed by atoms with Crippen molar-refractivity contribution < 1.29 is 9.21 Å². The summed E-state index contributed by atoms with van der Waals surface area (Å²) in [6.07, 6.45) is 8.40. The predicted molar refractivity (Wildman–Crippen MR) is 90.6 cm³/mol. The van der Waals surface area contributed by atoms with Gasteiger partial charge in [-0.05, 0) is 41.3 Å². The molecule has 0 aliphatic rings. The van der Waals surface area contributed by atoms with Crippen molar-refractivity contribution in [3.63, 3.8) is 0 Å². The molecule has 0 radical (unpaired) electrons. The molecule has 0 saturated heterocycles. The first-order valence-electron chi connectivity index (χ1n) is 7.23. The van der Waals surface area contributed by atoms with Crippen LogP contribution in [-0.2, 0) is 17.9 Å². The highest BCUT2D eigenvalue weighted by Gasteiger charge is 2.14. The zero-order chi connectivity index (χ0) is 15.9. The van der Waals surface area contributed by atoms with Gasteiger partial charge in [0.05, 0.1) is 19.4 Å². The van der Waals surface area contributed by atoms with E-state index >= 15 is 0 Å². The van der Waals surface area contributed by atoms with Gasteiger partial charge in [0.2, 0.25) is 5.91 Å². The topological polar surface area (TPSA) is 46.3 Å². The van der Waals surface area contributed by atoms with E-state index in [1.807, 2.05) is 41.8 Å². The van der Waals surface area contributed by atoms with E-state index in [0.717, 1.165) is 16.2 Å². The lowest BCUT2D eigenvalue weighted by Gasteiger charge is -2.19. The average Bonchev–Trinajstić information content (AvgIpc) is 3.27. The first-order valence-corrected chi connectivity index (χ1v) is 8.11. The standard InChI is InChI=1S/C18H16N2O2S/c21-18(8-7-15-4-1-9-19-12-15)20(13-16-5-2-10-22-16)14-17-6-3-11-23-17/h1-12H,13-14H2/b8-7+. The summed E-state index contributed by atoms with van der Waals surface area (Å²) < 4.78 is 5.37. The molecule has 0 aliphatic carbocycles. The number of carbonyl (C=O) groups is 1. The van der Waals surface area contributed by atoms with E-state index in [4.69, 9.17) is 4.42 Å². The molecule has 23 heavy (non-hydrogen) atoms. The van der Waals surface area contributed by atoms with Gasteiger partial charge in [0.1, 0.15) is 5.76 Å². The monoisotopic (exact) mass is 324 g/mol. The molecule has 0 atom stereocenters. The van der Waals surface area contributed by atoms with E-state index in [0.29, 0.717) is 13.1 Å². The molecule has 3 aromatic rings. The number of hydrogen-bond acceptors (Lipinski definition) is 4. The maximum Gasteiger partial charge on any atom is 0.247 e. The Morgan fingerprint density at radius 2 is 2.17 bits per heavy atom. The summed E-state index contributed by atoms with van der Waals surface area (Å²) in [6.45, 7) is 1.01. The maximum absolute atomic E-state index is 12.6. The minimum Gasteiger partial charge on any atom is -0.467 e. The van der Waals surface area contributed by atoms with Gasteiger partial charge in [-0.25, -0.2) is 0 Å². The van der Waals surface area contributed by atoms with Gasteiger partial charge in [0.15, 0.2) is 0 Å². The second-order valence-corrected chi connectivity index (χ2v) is 6.00. The van der Waals surface area contributed by atoms with Gasteiger partial charge in [-0.3, -0.25) is 9.78 Å². The predicted octanol–water partition coefficient (Wildman–Crippen LogP) is 3.98. The van der Waals surface area contributed by atoms with Crippen LogP contribution < -0.4 is 0 Å². The van der Waals surface area contributed by atoms with E-state index in [1.165, 1.54) is 0 Å². The van der Waals surface area contributed by atoms with Crippen LogP contribution in [-0.4, -0.2) is 15.8 Å². The van der Waals surface area contributed by atoms with Crippen molar-refractivity contribution in [2.75, 3.05) is 0 Å². The summed E-state index contributed by atoms with van der Waals surface area (Å²) in [4.78, 5) is 19.5. The fraction of sp³-hybridized carbons (Fsp3) is 0.111. The SMILES string of the molecule is O=C(/C=C/c1cccnc1)N(Cc1ccco1)Cc1cccs1. The fourth-order valence-corrected chi connectivity index (χ4v) is 2.86. The van der Waals surface area contributed by atoms with Gasteiger partial charge < -0.3 is 9.32 Å². The molecule has 0 N–H and O–H groups in total. The summed E-state index contributed by atoms with van der Waals surface area (Å²) >= 11 is 1.64. The van der Waals surface area contributed by atoms with Crippen molar-refractivity contribution in [2.45, 2.75) is 13.1 Å². The molecule has 3 aromatic heterocycles. The summed E-state index contributed by atoms with van der Waals surface area (Å²) in [5, 5.41) is 2.01. The normalized spacial score (nSPS) is 11.0. The molecule has 4 nitrogen and oxygen atoms in total. The van der Waals surface area contributed by atoms with Crippen LogP contribution in [0.25, 0.3) is 6.08 Å². The van der Waals surface area contributed by atoms with E-state index < -0.39 is 0 Å². The molecule has 0 unspecified atom stereocenters. The number of furan rings is 1. The number of hydrogen-bond donors (Lipinski definition) is 0. The van der Waals surface area contributed by atoms with E-state index in [2.05, 4.69) is 4.98 Å². The van der Waals surface area contributed by atoms with Crippen LogP contribution in [0.4, 0.5) is 0 Å². The number of rotatable bonds is 6. The van der Waals surface area contributed by atoms with Gasteiger partial charge >= 0.3 is 0 Å². The lowest BCUT2D eigenvalue weighted by atomic mass is 10.2. The van der Waals surface area contributed by atoms with Crippen LogP contribution >= 0.6 is 11.3 Å². The van der Waals surface area contributed by atoms with Crippen LogP contribution in [0.3, 0.4) is 0 Å². The third kappa shape index (κ3) is 4.40. The highest BCUT2D eigenvalue weighted by Crippen LogP contribution is 2.15. The minimum atomic E-state index is -0.0568. The van der Waals surface area contributed by atoms with Gasteiger partial charge in [-0.15, -0.1) is 11.3 Å². The number of aromatic nitrogens is 1. The third-order valence-electron chi connectivity index (χ3n) is 3.27. The van der Waals surface area contributed by atoms with Crippen molar-refractivity contribution >= 4 is 23.3 Å². The van der Waals surface area contributed by atoms with Gasteiger partial charge in [0.25, 0.3) is 0 Å². The summed E-state index contributed by atoms with van der Waals surface area (Å²) in [7, 11) is 0. The number of thiophene rings is 1. The lowest BCUT2D eigenvalue weighted by Crippen LogP contribution is -2.27. The number of amides is 1. The van der Waals surface area contributed by atoms with Crippen molar-refractivity contribution in [1.29, 1.82) is 0 Å². The number of pyridine rings is 1. The number of nitrogens with zero attached hydrogens (tertiary/aromatic N) is 2. The molecule has 0 spiro atoms. The molecular weight excluding hydrogens is 308 g/mol. The van der Waals surface area contributed by atoms with Crippen LogP contribution in [0.2, 0.25) is 0 Å². The molecule has 0 aromatic carbocycles. The molecule has 0 aliphatic heterocycles. The third-order valence-corrected chi connectivity index (χ3v) is 4.13. The first kappa shape index (κ1) is 15.2. The Morgan fingerprint density at radius 3 is 2.87 bits per heavy atom. The van der Waals surface area contributed by atoms with Crippen LogP contribution in [0, 0.1) is 0 Å². The lowest BCUT2D eigenvalue weighted by molar-refractivity contribution is -0.127. The van der Waals surface area contributed by atoms with E-state index in [1.54, 1.807) is 47.0 Å². The highest BCUT2D eigenvalue weighted by atomic mass is 32.1. The fourth-order valence-electron chi connectivity index (χ4n) is 2.14. The van der Waals surface area contributed by atoms with E-state index in [9.17, 15) is 4.79 Å². The molecular formula is C18H16N2O2S. The Kier molecular flexibility index (Phi) is 5.01. The van der Waals surface area contributed by atoms with Crippen LogP contribution in [0.15, 0.2) is 70.9 Å². The molecule has 3 heterocycles. The Bertz CT molecular complexity index is 713. The van der Waals surface area contributed by atoms with Crippen molar-refractivity contribution in [3.8, 4) is 0 Å². The van der Waals surface area contributed by atoms with Crippen LogP contribution in [0.1, 0.15) is 16.2 Å². The Balaban J connectivity index is 1.73. The van der Waals surface area contributed by atoms with Gasteiger partial charge in [-0.2, -0.15) is 0 Å². The van der Waals surface area contributed by atoms with Gasteiger partial charge in [0, 0.05) is 23.3 Å². The zero-order valence-electron chi connectivity index (χ0n) is 12.5. The molecule has 5 heteroatoms. The quantitative estimate of drug-likeness (QED) is 0.644. The second kappa shape index (κ2) is 7.56. The second-order valence-electron chi connectivity index (χ2n) is 4.97. The first-order chi connectivity index (χ1) is 11.3. The van der Waals surface area contributed by atoms with Crippen molar-refractivity contribution in [3.05, 3.63) is 82.7 Å². The Labute approximate surface area is 138 Å². The molecule has 0 saturated carbocycles. The van der Waals surface area contributed by atoms with E-state index in [-0.39, 0.29) is 5.91 Å². The van der Waals surface area contributed by atoms with Crippen LogP contribution in [0.5, 0.6) is 0 Å². The van der Waals surface area contributed by atoms with Gasteiger partial charge in [-0.1, -0.05) is 12.1 Å². The van der Waals surface area contributed by atoms with Crippen molar-refractivity contribution in [2.24, 2.45) is 0 Å². The zero-order valence-corrected chi connectivity index (χ0v) is 13.3.